The molecule has 0 spiro atoms. The number of halogens is 2. The summed E-state index contributed by atoms with van der Waals surface area (Å²) in [6.45, 7) is 0. The molecule has 0 atom stereocenters. The Hall–Kier alpha value is -2.12. The van der Waals surface area contributed by atoms with E-state index in [0.717, 1.165) is 23.7 Å². The molecule has 0 amide bonds. The molecule has 0 aliphatic rings. The van der Waals surface area contributed by atoms with E-state index < -0.39 is 15.9 Å². The Morgan fingerprint density at radius 2 is 2.00 bits per heavy atom. The van der Waals surface area contributed by atoms with Crippen molar-refractivity contribution in [2.24, 2.45) is 7.05 Å². The third-order valence-corrected chi connectivity index (χ3v) is 4.62. The number of hydrogen-bond donors (Lipinski definition) is 0. The maximum absolute atomic E-state index is 13.1. The quantitative estimate of drug-likeness (QED) is 0.687. The van der Waals surface area contributed by atoms with Crippen molar-refractivity contribution in [3.63, 3.8) is 0 Å². The van der Waals surface area contributed by atoms with Crippen molar-refractivity contribution in [1.82, 2.24) is 9.55 Å². The molecule has 1 heterocycles. The maximum atomic E-state index is 13.1. The molecule has 0 aliphatic heterocycles. The first kappa shape index (κ1) is 14.8. The number of fused-ring (bicyclic) bond motifs is 1. The Bertz CT molecular complexity index is 969. The van der Waals surface area contributed by atoms with Crippen LogP contribution in [0.4, 0.5) is 4.39 Å². The highest BCUT2D eigenvalue weighted by Gasteiger charge is 2.18. The van der Waals surface area contributed by atoms with Gasteiger partial charge in [-0.05, 0) is 30.3 Å². The molecule has 0 radical (unpaired) electrons. The standard InChI is InChI=1S/C14H10ClFN2O3S/c1-18-8-17-13-6-9(2-5-14(13)18)21-22(19,20)10-3-4-12(16)11(15)7-10/h2-8H,1H3. The van der Waals surface area contributed by atoms with Crippen LogP contribution >= 0.6 is 11.6 Å². The van der Waals surface area contributed by atoms with E-state index >= 15 is 0 Å². The summed E-state index contributed by atoms with van der Waals surface area (Å²) in [4.78, 5) is 3.90. The lowest BCUT2D eigenvalue weighted by Crippen LogP contribution is -2.10. The molecule has 8 heteroatoms. The van der Waals surface area contributed by atoms with Crippen LogP contribution in [0, 0.1) is 5.82 Å². The van der Waals surface area contributed by atoms with Gasteiger partial charge < -0.3 is 8.75 Å². The Labute approximate surface area is 131 Å². The molecule has 5 nitrogen and oxygen atoms in total. The average molecular weight is 341 g/mol. The topological polar surface area (TPSA) is 61.2 Å². The van der Waals surface area contributed by atoms with E-state index in [9.17, 15) is 12.8 Å². The van der Waals surface area contributed by atoms with E-state index in [4.69, 9.17) is 15.8 Å². The summed E-state index contributed by atoms with van der Waals surface area (Å²) in [5, 5.41) is -0.287. The first-order valence-electron chi connectivity index (χ1n) is 6.17. The van der Waals surface area contributed by atoms with Gasteiger partial charge in [-0.3, -0.25) is 0 Å². The highest BCUT2D eigenvalue weighted by atomic mass is 35.5. The number of aromatic nitrogens is 2. The molecule has 0 saturated carbocycles. The van der Waals surface area contributed by atoms with Gasteiger partial charge in [-0.1, -0.05) is 11.6 Å². The molecule has 0 bridgehead atoms. The smallest absolute Gasteiger partial charge is 0.339 e. The molecule has 0 aliphatic carbocycles. The number of hydrogen-bond acceptors (Lipinski definition) is 4. The first-order valence-corrected chi connectivity index (χ1v) is 7.96. The van der Waals surface area contributed by atoms with Crippen LogP contribution in [0.3, 0.4) is 0 Å². The van der Waals surface area contributed by atoms with Gasteiger partial charge in [-0.25, -0.2) is 9.37 Å². The Morgan fingerprint density at radius 3 is 2.73 bits per heavy atom. The lowest BCUT2D eigenvalue weighted by molar-refractivity contribution is 0.486. The summed E-state index contributed by atoms with van der Waals surface area (Å²) in [5.74, 6) is -0.581. The first-order chi connectivity index (χ1) is 10.4. The molecule has 2 aromatic carbocycles. The van der Waals surface area contributed by atoms with Gasteiger partial charge in [0.15, 0.2) is 0 Å². The summed E-state index contributed by atoms with van der Waals surface area (Å²) >= 11 is 5.60. The SMILES string of the molecule is Cn1cnc2cc(OS(=O)(=O)c3ccc(F)c(Cl)c3)ccc21. The highest BCUT2D eigenvalue weighted by molar-refractivity contribution is 7.87. The molecular formula is C14H10ClFN2O3S. The van der Waals surface area contributed by atoms with E-state index in [1.165, 1.54) is 12.1 Å². The normalized spacial score (nSPS) is 11.8. The van der Waals surface area contributed by atoms with Crippen LogP contribution < -0.4 is 4.18 Å². The summed E-state index contributed by atoms with van der Waals surface area (Å²) in [6, 6.07) is 7.80. The zero-order valence-corrected chi connectivity index (χ0v) is 12.9. The van der Waals surface area contributed by atoms with Crippen LogP contribution in [0.5, 0.6) is 5.75 Å². The van der Waals surface area contributed by atoms with Crippen molar-refractivity contribution in [2.45, 2.75) is 4.90 Å². The van der Waals surface area contributed by atoms with Crippen molar-refractivity contribution >= 4 is 32.8 Å². The van der Waals surface area contributed by atoms with E-state index in [2.05, 4.69) is 4.98 Å². The minimum absolute atomic E-state index is 0.117. The molecule has 0 N–H and O–H groups in total. The number of nitrogens with zero attached hydrogens (tertiary/aromatic N) is 2. The molecule has 0 unspecified atom stereocenters. The fraction of sp³-hybridized carbons (Fsp3) is 0.0714. The van der Waals surface area contributed by atoms with Gasteiger partial charge in [0.1, 0.15) is 16.5 Å². The summed E-state index contributed by atoms with van der Waals surface area (Å²) in [7, 11) is -2.27. The molecule has 3 aromatic rings. The van der Waals surface area contributed by atoms with Gasteiger partial charge in [0, 0.05) is 13.1 Å². The lowest BCUT2D eigenvalue weighted by atomic mass is 10.3. The van der Waals surface area contributed by atoms with Crippen molar-refractivity contribution in [3.8, 4) is 5.75 Å². The summed E-state index contributed by atoms with van der Waals surface area (Å²) in [6.07, 6.45) is 1.61. The minimum atomic E-state index is -4.10. The Morgan fingerprint density at radius 1 is 1.23 bits per heavy atom. The molecule has 114 valence electrons. The third kappa shape index (κ3) is 2.65. The van der Waals surface area contributed by atoms with Crippen molar-refractivity contribution in [3.05, 3.63) is 53.6 Å². The predicted octanol–water partition coefficient (Wildman–Crippen LogP) is 3.13. The van der Waals surface area contributed by atoms with E-state index in [1.54, 1.807) is 17.0 Å². The van der Waals surface area contributed by atoms with Crippen LogP contribution in [0.2, 0.25) is 5.02 Å². The van der Waals surface area contributed by atoms with Gasteiger partial charge in [-0.2, -0.15) is 8.42 Å². The van der Waals surface area contributed by atoms with Crippen molar-refractivity contribution in [2.75, 3.05) is 0 Å². The Kier molecular flexibility index (Phi) is 3.54. The van der Waals surface area contributed by atoms with Gasteiger partial charge in [0.05, 0.1) is 22.4 Å². The second kappa shape index (κ2) is 5.26. The van der Waals surface area contributed by atoms with E-state index in [0.29, 0.717) is 5.52 Å². The summed E-state index contributed by atoms with van der Waals surface area (Å²) in [5.41, 5.74) is 1.45. The fourth-order valence-corrected chi connectivity index (χ4v) is 3.17. The maximum Gasteiger partial charge on any atom is 0.339 e. The Balaban J connectivity index is 1.96. The van der Waals surface area contributed by atoms with Crippen LogP contribution in [0.15, 0.2) is 47.6 Å². The largest absolute Gasteiger partial charge is 0.379 e. The predicted molar refractivity (Wildman–Crippen MR) is 79.9 cm³/mol. The van der Waals surface area contributed by atoms with Gasteiger partial charge in [0.2, 0.25) is 0 Å². The lowest BCUT2D eigenvalue weighted by Gasteiger charge is -2.07. The van der Waals surface area contributed by atoms with Crippen LogP contribution in [-0.4, -0.2) is 18.0 Å². The van der Waals surface area contributed by atoms with Gasteiger partial charge >= 0.3 is 10.1 Å². The molecule has 1 aromatic heterocycles. The number of benzene rings is 2. The fourth-order valence-electron chi connectivity index (χ4n) is 1.97. The van der Waals surface area contributed by atoms with E-state index in [1.807, 2.05) is 7.05 Å². The third-order valence-electron chi connectivity index (χ3n) is 3.08. The van der Waals surface area contributed by atoms with Crippen LogP contribution in [-0.2, 0) is 17.2 Å². The number of rotatable bonds is 3. The van der Waals surface area contributed by atoms with Crippen molar-refractivity contribution < 1.29 is 17.0 Å². The molecule has 3 rings (SSSR count). The monoisotopic (exact) mass is 340 g/mol. The van der Waals surface area contributed by atoms with Crippen LogP contribution in [0.25, 0.3) is 11.0 Å². The van der Waals surface area contributed by atoms with E-state index in [-0.39, 0.29) is 15.7 Å². The molecular weight excluding hydrogens is 331 g/mol. The summed E-state index contributed by atoms with van der Waals surface area (Å²) < 4.78 is 44.3. The second-order valence-electron chi connectivity index (χ2n) is 4.62. The molecule has 0 fully saturated rings. The zero-order chi connectivity index (χ0) is 15.9. The zero-order valence-electron chi connectivity index (χ0n) is 11.3. The van der Waals surface area contributed by atoms with Gasteiger partial charge in [-0.15, -0.1) is 0 Å². The van der Waals surface area contributed by atoms with Crippen LogP contribution in [0.1, 0.15) is 0 Å². The second-order valence-corrected chi connectivity index (χ2v) is 6.57. The van der Waals surface area contributed by atoms with Gasteiger partial charge in [0.25, 0.3) is 0 Å². The van der Waals surface area contributed by atoms with Crippen molar-refractivity contribution in [1.29, 1.82) is 0 Å². The minimum Gasteiger partial charge on any atom is -0.379 e. The molecule has 0 saturated heterocycles. The highest BCUT2D eigenvalue weighted by Crippen LogP contribution is 2.25. The number of imidazole rings is 1. The average Bonchev–Trinajstić information content (AvgIpc) is 2.82. The molecule has 22 heavy (non-hydrogen) atoms. The number of aryl methyl sites for hydroxylation is 1.